The standard InChI is InChI=1S/C22H27F3N4O4/c1-21(15-6-7-15)19(31)29(20(32)27-21)13-18(30)26-12-17(28-8-10-33-11-9-28)14-2-4-16(5-3-14)22(23,24)25/h2-5,15,17H,6-13H2,1H3,(H,26,30)(H,27,32). The predicted octanol–water partition coefficient (Wildman–Crippen LogP) is 1.92. The molecule has 8 nitrogen and oxygen atoms in total. The molecule has 1 aliphatic carbocycles. The first-order chi connectivity index (χ1) is 15.6. The topological polar surface area (TPSA) is 91.0 Å². The average Bonchev–Trinajstić information content (AvgIpc) is 3.60. The molecule has 4 amide bonds. The van der Waals surface area contributed by atoms with Crippen LogP contribution in [0.3, 0.4) is 0 Å². The fraction of sp³-hybridized carbons (Fsp3) is 0.591. The molecule has 0 radical (unpaired) electrons. The number of rotatable bonds is 7. The van der Waals surface area contributed by atoms with E-state index < -0.39 is 41.7 Å². The predicted molar refractivity (Wildman–Crippen MR) is 111 cm³/mol. The van der Waals surface area contributed by atoms with Crippen molar-refractivity contribution in [1.29, 1.82) is 0 Å². The zero-order chi connectivity index (χ0) is 23.8. The molecule has 3 aliphatic rings. The van der Waals surface area contributed by atoms with Crippen LogP contribution in [0.1, 0.15) is 36.9 Å². The smallest absolute Gasteiger partial charge is 0.379 e. The second-order valence-corrected chi connectivity index (χ2v) is 8.89. The molecule has 2 aliphatic heterocycles. The van der Waals surface area contributed by atoms with Crippen LogP contribution >= 0.6 is 0 Å². The molecule has 11 heteroatoms. The van der Waals surface area contributed by atoms with E-state index in [1.165, 1.54) is 12.1 Å². The van der Waals surface area contributed by atoms with Crippen LogP contribution in [0.2, 0.25) is 0 Å². The summed E-state index contributed by atoms with van der Waals surface area (Å²) in [7, 11) is 0. The Morgan fingerprint density at radius 2 is 1.85 bits per heavy atom. The lowest BCUT2D eigenvalue weighted by molar-refractivity contribution is -0.137. The first-order valence-electron chi connectivity index (χ1n) is 11.0. The number of nitrogens with one attached hydrogen (secondary N) is 2. The molecule has 2 unspecified atom stereocenters. The van der Waals surface area contributed by atoms with Crippen molar-refractivity contribution in [3.63, 3.8) is 0 Å². The highest BCUT2D eigenvalue weighted by Gasteiger charge is 2.56. The lowest BCUT2D eigenvalue weighted by Crippen LogP contribution is -2.48. The minimum Gasteiger partial charge on any atom is -0.379 e. The summed E-state index contributed by atoms with van der Waals surface area (Å²) in [5.74, 6) is -0.825. The van der Waals surface area contributed by atoms with Crippen LogP contribution in [0.15, 0.2) is 24.3 Å². The van der Waals surface area contributed by atoms with E-state index in [-0.39, 0.29) is 18.5 Å². The van der Waals surface area contributed by atoms with Crippen LogP contribution in [0.4, 0.5) is 18.0 Å². The number of nitrogens with zero attached hydrogens (tertiary/aromatic N) is 2. The molecule has 2 heterocycles. The number of morpholine rings is 1. The van der Waals surface area contributed by atoms with Crippen molar-refractivity contribution >= 4 is 17.8 Å². The van der Waals surface area contributed by atoms with Gasteiger partial charge in [-0.2, -0.15) is 13.2 Å². The van der Waals surface area contributed by atoms with Gasteiger partial charge in [0, 0.05) is 19.6 Å². The van der Waals surface area contributed by atoms with Crippen molar-refractivity contribution in [3.8, 4) is 0 Å². The van der Waals surface area contributed by atoms with Gasteiger partial charge in [-0.15, -0.1) is 0 Å². The maximum absolute atomic E-state index is 12.9. The molecule has 0 spiro atoms. The van der Waals surface area contributed by atoms with Crippen molar-refractivity contribution in [2.24, 2.45) is 5.92 Å². The third kappa shape index (κ3) is 4.98. The van der Waals surface area contributed by atoms with Crippen LogP contribution in [0.25, 0.3) is 0 Å². The maximum Gasteiger partial charge on any atom is 0.416 e. The van der Waals surface area contributed by atoms with E-state index in [0.29, 0.717) is 31.9 Å². The normalized spacial score (nSPS) is 25.2. The molecular weight excluding hydrogens is 441 g/mol. The Bertz CT molecular complexity index is 913. The largest absolute Gasteiger partial charge is 0.416 e. The van der Waals surface area contributed by atoms with E-state index in [0.717, 1.165) is 29.9 Å². The summed E-state index contributed by atoms with van der Waals surface area (Å²) in [5, 5.41) is 5.45. The highest BCUT2D eigenvalue weighted by molar-refractivity contribution is 6.09. The van der Waals surface area contributed by atoms with E-state index in [2.05, 4.69) is 10.6 Å². The maximum atomic E-state index is 12.9. The fourth-order valence-corrected chi connectivity index (χ4v) is 4.45. The second kappa shape index (κ2) is 8.94. The summed E-state index contributed by atoms with van der Waals surface area (Å²) in [4.78, 5) is 40.6. The number of amides is 4. The van der Waals surface area contributed by atoms with Gasteiger partial charge in [0.1, 0.15) is 12.1 Å². The van der Waals surface area contributed by atoms with E-state index in [4.69, 9.17) is 4.74 Å². The molecule has 2 N–H and O–H groups in total. The second-order valence-electron chi connectivity index (χ2n) is 8.89. The minimum atomic E-state index is -4.43. The van der Waals surface area contributed by atoms with Crippen LogP contribution in [-0.2, 0) is 20.5 Å². The number of hydrogen-bond acceptors (Lipinski definition) is 5. The summed E-state index contributed by atoms with van der Waals surface area (Å²) in [6, 6.07) is 3.91. The summed E-state index contributed by atoms with van der Waals surface area (Å²) in [5.41, 5.74) is -1.08. The first kappa shape index (κ1) is 23.5. The van der Waals surface area contributed by atoms with Gasteiger partial charge in [0.15, 0.2) is 0 Å². The van der Waals surface area contributed by atoms with Crippen LogP contribution in [0.5, 0.6) is 0 Å². The summed E-state index contributed by atoms with van der Waals surface area (Å²) < 4.78 is 44.2. The Morgan fingerprint density at radius 1 is 1.21 bits per heavy atom. The van der Waals surface area contributed by atoms with E-state index in [9.17, 15) is 27.6 Å². The van der Waals surface area contributed by atoms with E-state index in [1.807, 2.05) is 4.90 Å². The molecule has 2 saturated heterocycles. The van der Waals surface area contributed by atoms with Crippen molar-refractivity contribution in [2.45, 2.75) is 37.5 Å². The van der Waals surface area contributed by atoms with Gasteiger partial charge in [0.2, 0.25) is 5.91 Å². The first-order valence-corrected chi connectivity index (χ1v) is 11.0. The average molecular weight is 468 g/mol. The Kier molecular flexibility index (Phi) is 6.37. The third-order valence-electron chi connectivity index (χ3n) is 6.60. The molecule has 4 rings (SSSR count). The van der Waals surface area contributed by atoms with Gasteiger partial charge in [-0.25, -0.2) is 4.79 Å². The summed E-state index contributed by atoms with van der Waals surface area (Å²) in [6.07, 6.45) is -2.72. The van der Waals surface area contributed by atoms with Gasteiger partial charge >= 0.3 is 12.2 Å². The number of alkyl halides is 3. The number of carbonyl (C=O) groups is 3. The number of benzene rings is 1. The van der Waals surface area contributed by atoms with Crippen molar-refractivity contribution in [1.82, 2.24) is 20.4 Å². The SMILES string of the molecule is CC1(C2CC2)NC(=O)N(CC(=O)NCC(c2ccc(C(F)(F)F)cc2)N2CCOCC2)C1=O. The highest BCUT2D eigenvalue weighted by atomic mass is 19.4. The summed E-state index contributed by atoms with van der Waals surface area (Å²) >= 11 is 0. The number of urea groups is 1. The van der Waals surface area contributed by atoms with Crippen LogP contribution in [0, 0.1) is 5.92 Å². The lowest BCUT2D eigenvalue weighted by atomic mass is 9.96. The quantitative estimate of drug-likeness (QED) is 0.597. The highest BCUT2D eigenvalue weighted by Crippen LogP contribution is 2.42. The lowest BCUT2D eigenvalue weighted by Gasteiger charge is -2.35. The summed E-state index contributed by atoms with van der Waals surface area (Å²) in [6.45, 7) is 3.48. The zero-order valence-corrected chi connectivity index (χ0v) is 18.3. The van der Waals surface area contributed by atoms with Crippen molar-refractivity contribution in [3.05, 3.63) is 35.4 Å². The van der Waals surface area contributed by atoms with Gasteiger partial charge < -0.3 is 15.4 Å². The molecule has 3 fully saturated rings. The van der Waals surface area contributed by atoms with E-state index in [1.54, 1.807) is 6.92 Å². The van der Waals surface area contributed by atoms with Crippen LogP contribution in [-0.4, -0.2) is 72.6 Å². The molecule has 0 aromatic heterocycles. The molecule has 1 saturated carbocycles. The fourth-order valence-electron chi connectivity index (χ4n) is 4.45. The Labute approximate surface area is 189 Å². The van der Waals surface area contributed by atoms with Gasteiger partial charge in [-0.3, -0.25) is 19.4 Å². The van der Waals surface area contributed by atoms with Crippen molar-refractivity contribution < 1.29 is 32.3 Å². The molecule has 180 valence electrons. The van der Waals surface area contributed by atoms with Crippen LogP contribution < -0.4 is 10.6 Å². The number of carbonyl (C=O) groups excluding carboxylic acids is 3. The monoisotopic (exact) mass is 468 g/mol. The van der Waals surface area contributed by atoms with Gasteiger partial charge in [0.05, 0.1) is 24.8 Å². The van der Waals surface area contributed by atoms with Gasteiger partial charge in [0.25, 0.3) is 5.91 Å². The molecular formula is C22H27F3N4O4. The third-order valence-corrected chi connectivity index (χ3v) is 6.60. The Morgan fingerprint density at radius 3 is 2.42 bits per heavy atom. The zero-order valence-electron chi connectivity index (χ0n) is 18.3. The molecule has 0 bridgehead atoms. The molecule has 1 aromatic carbocycles. The van der Waals surface area contributed by atoms with Gasteiger partial charge in [-0.1, -0.05) is 12.1 Å². The Balaban J connectivity index is 1.42. The van der Waals surface area contributed by atoms with Crippen molar-refractivity contribution in [2.75, 3.05) is 39.4 Å². The number of hydrogen-bond donors (Lipinski definition) is 2. The molecule has 33 heavy (non-hydrogen) atoms. The molecule has 2 atom stereocenters. The minimum absolute atomic E-state index is 0.0902. The van der Waals surface area contributed by atoms with E-state index >= 15 is 0 Å². The van der Waals surface area contributed by atoms with Gasteiger partial charge in [-0.05, 0) is 43.4 Å². The number of halogens is 3. The number of ether oxygens (including phenoxy) is 1. The Hall–Kier alpha value is -2.66. The molecule has 1 aromatic rings. The number of imide groups is 1.